The van der Waals surface area contributed by atoms with Crippen LogP contribution in [0.3, 0.4) is 0 Å². The number of aliphatic imine (C=N–C) groups is 1. The molecule has 0 aromatic heterocycles. The largest absolute Gasteiger partial charge is 0.573 e. The lowest BCUT2D eigenvalue weighted by Crippen LogP contribution is -2.26. The van der Waals surface area contributed by atoms with Gasteiger partial charge in [0.25, 0.3) is 5.91 Å². The lowest BCUT2D eigenvalue weighted by Gasteiger charge is -2.15. The van der Waals surface area contributed by atoms with Crippen molar-refractivity contribution in [1.82, 2.24) is 0 Å². The maximum Gasteiger partial charge on any atom is 0.573 e. The van der Waals surface area contributed by atoms with Crippen LogP contribution in [0.5, 0.6) is 5.75 Å². The van der Waals surface area contributed by atoms with E-state index in [0.29, 0.717) is 12.0 Å². The first-order chi connectivity index (χ1) is 11.7. The van der Waals surface area contributed by atoms with Crippen molar-refractivity contribution in [3.8, 4) is 5.75 Å². The van der Waals surface area contributed by atoms with Gasteiger partial charge in [-0.05, 0) is 29.7 Å². The van der Waals surface area contributed by atoms with Crippen LogP contribution in [-0.2, 0) is 11.2 Å². The fourth-order valence-electron chi connectivity index (χ4n) is 2.30. The fraction of sp³-hybridized carbons (Fsp3) is 0.176. The second-order valence-corrected chi connectivity index (χ2v) is 5.23. The highest BCUT2D eigenvalue weighted by Crippen LogP contribution is 2.27. The van der Waals surface area contributed by atoms with Crippen molar-refractivity contribution in [2.75, 3.05) is 0 Å². The van der Waals surface area contributed by atoms with Crippen LogP contribution in [0.15, 0.2) is 59.6 Å². The lowest BCUT2D eigenvalue weighted by atomic mass is 9.91. The SMILES string of the molecule is NC(N)=NC(=O)[C@@H](Cc1ccccc1)c1ccc(OC(F)(F)F)cc1. The molecule has 0 heterocycles. The smallest absolute Gasteiger partial charge is 0.406 e. The Morgan fingerprint density at radius 1 is 1.04 bits per heavy atom. The Kier molecular flexibility index (Phi) is 5.63. The Morgan fingerprint density at radius 3 is 2.16 bits per heavy atom. The number of nitrogens with zero attached hydrogens (tertiary/aromatic N) is 1. The molecular formula is C17H16F3N3O2. The van der Waals surface area contributed by atoms with E-state index >= 15 is 0 Å². The molecule has 2 rings (SSSR count). The molecule has 0 spiro atoms. The molecule has 0 bridgehead atoms. The summed E-state index contributed by atoms with van der Waals surface area (Å²) >= 11 is 0. The van der Waals surface area contributed by atoms with Gasteiger partial charge in [-0.15, -0.1) is 13.2 Å². The molecule has 0 saturated heterocycles. The maximum atomic E-state index is 12.3. The normalized spacial score (nSPS) is 12.3. The van der Waals surface area contributed by atoms with E-state index in [9.17, 15) is 18.0 Å². The molecule has 1 amide bonds. The number of halogens is 3. The zero-order valence-corrected chi connectivity index (χ0v) is 13.0. The molecule has 8 heteroatoms. The molecule has 0 radical (unpaired) electrons. The van der Waals surface area contributed by atoms with E-state index in [1.54, 1.807) is 0 Å². The van der Waals surface area contributed by atoms with Crippen LogP contribution in [0.1, 0.15) is 17.0 Å². The van der Waals surface area contributed by atoms with Crippen molar-refractivity contribution in [3.05, 3.63) is 65.7 Å². The van der Waals surface area contributed by atoms with Crippen molar-refractivity contribution in [3.63, 3.8) is 0 Å². The molecule has 132 valence electrons. The van der Waals surface area contributed by atoms with Crippen molar-refractivity contribution in [2.45, 2.75) is 18.7 Å². The molecular weight excluding hydrogens is 335 g/mol. The van der Waals surface area contributed by atoms with Crippen molar-refractivity contribution < 1.29 is 22.7 Å². The quantitative estimate of drug-likeness (QED) is 0.640. The summed E-state index contributed by atoms with van der Waals surface area (Å²) in [6, 6.07) is 14.2. The Hall–Kier alpha value is -3.03. The minimum absolute atomic E-state index is 0.302. The summed E-state index contributed by atoms with van der Waals surface area (Å²) in [5.41, 5.74) is 11.9. The van der Waals surface area contributed by atoms with Gasteiger partial charge in [0.1, 0.15) is 5.75 Å². The van der Waals surface area contributed by atoms with Crippen molar-refractivity contribution in [1.29, 1.82) is 0 Å². The molecule has 4 N–H and O–H groups in total. The first-order valence-corrected chi connectivity index (χ1v) is 7.28. The summed E-state index contributed by atoms with van der Waals surface area (Å²) in [5.74, 6) is -2.05. The number of ether oxygens (including phenoxy) is 1. The van der Waals surface area contributed by atoms with Crippen LogP contribution in [0, 0.1) is 0 Å². The molecule has 25 heavy (non-hydrogen) atoms. The van der Waals surface area contributed by atoms with E-state index in [-0.39, 0.29) is 11.7 Å². The van der Waals surface area contributed by atoms with E-state index in [0.717, 1.165) is 17.7 Å². The number of carbonyl (C=O) groups is 1. The summed E-state index contributed by atoms with van der Waals surface area (Å²) in [6.45, 7) is 0. The highest BCUT2D eigenvalue weighted by atomic mass is 19.4. The maximum absolute atomic E-state index is 12.3. The topological polar surface area (TPSA) is 90.7 Å². The van der Waals surface area contributed by atoms with Gasteiger partial charge in [0.05, 0.1) is 5.92 Å². The first kappa shape index (κ1) is 18.3. The zero-order valence-electron chi connectivity index (χ0n) is 13.0. The van der Waals surface area contributed by atoms with Crippen molar-refractivity contribution >= 4 is 11.9 Å². The highest BCUT2D eigenvalue weighted by Gasteiger charge is 2.31. The number of carbonyl (C=O) groups excluding carboxylic acids is 1. The Bertz CT molecular complexity index is 740. The minimum Gasteiger partial charge on any atom is -0.406 e. The number of hydrogen-bond donors (Lipinski definition) is 2. The summed E-state index contributed by atoms with van der Waals surface area (Å²) in [7, 11) is 0. The third-order valence-corrected chi connectivity index (χ3v) is 3.34. The number of alkyl halides is 3. The number of rotatable bonds is 5. The third-order valence-electron chi connectivity index (χ3n) is 3.34. The standard InChI is InChI=1S/C17H16F3N3O2/c18-17(19,20)25-13-8-6-12(7-9-13)14(15(24)23-16(21)22)10-11-4-2-1-3-5-11/h1-9,14H,10H2,(H4,21,22,23,24)/t14-/m0/s1. The molecule has 0 aliphatic carbocycles. The molecule has 0 aliphatic rings. The summed E-state index contributed by atoms with van der Waals surface area (Å²) in [5, 5.41) is 0. The van der Waals surface area contributed by atoms with Crippen LogP contribution in [-0.4, -0.2) is 18.2 Å². The fourth-order valence-corrected chi connectivity index (χ4v) is 2.30. The molecule has 0 saturated carbocycles. The van der Waals surface area contributed by atoms with Gasteiger partial charge in [-0.3, -0.25) is 4.79 Å². The Labute approximate surface area is 142 Å². The predicted molar refractivity (Wildman–Crippen MR) is 86.8 cm³/mol. The Morgan fingerprint density at radius 2 is 1.64 bits per heavy atom. The Balaban J connectivity index is 2.28. The summed E-state index contributed by atoms with van der Waals surface area (Å²) < 4.78 is 40.5. The molecule has 2 aromatic rings. The number of hydrogen-bond acceptors (Lipinski definition) is 2. The van der Waals surface area contributed by atoms with E-state index in [1.165, 1.54) is 12.1 Å². The summed E-state index contributed by atoms with van der Waals surface area (Å²) in [6.07, 6.45) is -4.48. The van der Waals surface area contributed by atoms with Crippen LogP contribution in [0.4, 0.5) is 13.2 Å². The first-order valence-electron chi connectivity index (χ1n) is 7.28. The van der Waals surface area contributed by atoms with E-state index in [4.69, 9.17) is 11.5 Å². The third kappa shape index (κ3) is 5.83. The monoisotopic (exact) mass is 351 g/mol. The average Bonchev–Trinajstić information content (AvgIpc) is 2.52. The minimum atomic E-state index is -4.78. The van der Waals surface area contributed by atoms with E-state index in [1.807, 2.05) is 30.3 Å². The highest BCUT2D eigenvalue weighted by molar-refractivity contribution is 5.95. The van der Waals surface area contributed by atoms with Crippen LogP contribution in [0.25, 0.3) is 0 Å². The number of guanidine groups is 1. The predicted octanol–water partition coefficient (Wildman–Crippen LogP) is 2.71. The van der Waals surface area contributed by atoms with Gasteiger partial charge in [0.2, 0.25) is 0 Å². The zero-order chi connectivity index (χ0) is 18.4. The average molecular weight is 351 g/mol. The number of amides is 1. The van der Waals surface area contributed by atoms with Gasteiger partial charge < -0.3 is 16.2 Å². The number of nitrogens with two attached hydrogens (primary N) is 2. The second-order valence-electron chi connectivity index (χ2n) is 5.23. The van der Waals surface area contributed by atoms with Gasteiger partial charge in [-0.1, -0.05) is 42.5 Å². The lowest BCUT2D eigenvalue weighted by molar-refractivity contribution is -0.274. The molecule has 0 unspecified atom stereocenters. The van der Waals surface area contributed by atoms with Crippen LogP contribution >= 0.6 is 0 Å². The molecule has 1 atom stereocenters. The molecule has 2 aromatic carbocycles. The molecule has 0 fully saturated rings. The van der Waals surface area contributed by atoms with Crippen LogP contribution < -0.4 is 16.2 Å². The van der Waals surface area contributed by atoms with Gasteiger partial charge in [-0.2, -0.15) is 4.99 Å². The summed E-state index contributed by atoms with van der Waals surface area (Å²) in [4.78, 5) is 15.9. The van der Waals surface area contributed by atoms with Crippen molar-refractivity contribution in [2.24, 2.45) is 16.5 Å². The van der Waals surface area contributed by atoms with Gasteiger partial charge in [0, 0.05) is 0 Å². The molecule has 0 aliphatic heterocycles. The number of benzene rings is 2. The second kappa shape index (κ2) is 7.69. The van der Waals surface area contributed by atoms with Gasteiger partial charge in [0.15, 0.2) is 5.96 Å². The molecule has 5 nitrogen and oxygen atoms in total. The van der Waals surface area contributed by atoms with Gasteiger partial charge >= 0.3 is 6.36 Å². The van der Waals surface area contributed by atoms with E-state index in [2.05, 4.69) is 9.73 Å². The van der Waals surface area contributed by atoms with E-state index < -0.39 is 18.2 Å². The van der Waals surface area contributed by atoms with Gasteiger partial charge in [-0.25, -0.2) is 0 Å². The van der Waals surface area contributed by atoms with Crippen LogP contribution in [0.2, 0.25) is 0 Å².